The SMILES string of the molecule is CC1(C)C(=O)/C(=C\O)C[C@]2(C)c3nn(-c4ccccc4)c(-c4ccccc4)c3CC[C@@H]12. The molecule has 0 saturated heterocycles. The van der Waals surface area contributed by atoms with Crippen LogP contribution in [0.15, 0.2) is 72.5 Å². The van der Waals surface area contributed by atoms with E-state index in [0.717, 1.165) is 41.7 Å². The van der Waals surface area contributed by atoms with Crippen LogP contribution in [0.25, 0.3) is 16.9 Å². The molecule has 1 heterocycles. The molecule has 5 rings (SSSR count). The lowest BCUT2D eigenvalue weighted by Gasteiger charge is -2.52. The van der Waals surface area contributed by atoms with Gasteiger partial charge in [0.25, 0.3) is 0 Å². The highest BCUT2D eigenvalue weighted by Crippen LogP contribution is 2.57. The van der Waals surface area contributed by atoms with Gasteiger partial charge in [-0.05, 0) is 37.3 Å². The van der Waals surface area contributed by atoms with Gasteiger partial charge in [-0.1, -0.05) is 69.3 Å². The van der Waals surface area contributed by atoms with E-state index in [0.29, 0.717) is 12.0 Å². The number of hydrogen-bond acceptors (Lipinski definition) is 3. The Balaban J connectivity index is 1.78. The van der Waals surface area contributed by atoms with Crippen LogP contribution in [-0.4, -0.2) is 20.7 Å². The number of fused-ring (bicyclic) bond motifs is 3. The van der Waals surface area contributed by atoms with Crippen LogP contribution >= 0.6 is 0 Å². The number of aromatic nitrogens is 2. The number of aliphatic hydroxyl groups is 1. The fourth-order valence-corrected chi connectivity index (χ4v) is 6.08. The first-order valence-electron chi connectivity index (χ1n) is 11.0. The van der Waals surface area contributed by atoms with E-state index in [2.05, 4.69) is 48.0 Å². The summed E-state index contributed by atoms with van der Waals surface area (Å²) in [7, 11) is 0. The van der Waals surface area contributed by atoms with Gasteiger partial charge in [0, 0.05) is 27.5 Å². The van der Waals surface area contributed by atoms with Crippen molar-refractivity contribution in [1.82, 2.24) is 9.78 Å². The Morgan fingerprint density at radius 2 is 1.68 bits per heavy atom. The molecule has 1 N–H and O–H groups in total. The molecule has 4 nitrogen and oxygen atoms in total. The predicted molar refractivity (Wildman–Crippen MR) is 122 cm³/mol. The van der Waals surface area contributed by atoms with Gasteiger partial charge in [-0.2, -0.15) is 5.10 Å². The molecule has 0 bridgehead atoms. The Morgan fingerprint density at radius 1 is 1.03 bits per heavy atom. The van der Waals surface area contributed by atoms with Gasteiger partial charge in [-0.15, -0.1) is 0 Å². The third-order valence-electron chi connectivity index (χ3n) is 7.49. The number of carbonyl (C=O) groups excluding carboxylic acids is 1. The van der Waals surface area contributed by atoms with E-state index in [1.807, 2.05) is 38.1 Å². The molecule has 2 aliphatic carbocycles. The van der Waals surface area contributed by atoms with Gasteiger partial charge in [0.1, 0.15) is 0 Å². The van der Waals surface area contributed by atoms with Crippen molar-refractivity contribution in [3.05, 3.63) is 83.8 Å². The van der Waals surface area contributed by atoms with Crippen LogP contribution < -0.4 is 0 Å². The Kier molecular flexibility index (Phi) is 4.44. The van der Waals surface area contributed by atoms with E-state index in [4.69, 9.17) is 5.10 Å². The summed E-state index contributed by atoms with van der Waals surface area (Å²) in [5, 5.41) is 15.1. The van der Waals surface area contributed by atoms with Crippen molar-refractivity contribution in [3.63, 3.8) is 0 Å². The zero-order valence-electron chi connectivity index (χ0n) is 18.3. The number of aliphatic hydroxyl groups excluding tert-OH is 1. The zero-order valence-corrected chi connectivity index (χ0v) is 18.3. The van der Waals surface area contributed by atoms with Gasteiger partial charge in [-0.3, -0.25) is 4.79 Å². The standard InChI is InChI=1S/C27H28N2O2/c1-26(2)22-15-14-21-23(18-10-6-4-7-11-18)29(20-12-8-5-9-13-20)28-24(21)27(22,3)16-19(17-30)25(26)31/h4-13,17,22,30H,14-16H2,1-3H3/b19-17-/t22-,27-/m0/s1. The number of allylic oxidation sites excluding steroid dienone is 1. The molecule has 0 spiro atoms. The summed E-state index contributed by atoms with van der Waals surface area (Å²) in [5.41, 5.74) is 5.28. The molecule has 2 atom stereocenters. The van der Waals surface area contributed by atoms with Crippen LogP contribution in [0.2, 0.25) is 0 Å². The Morgan fingerprint density at radius 3 is 2.32 bits per heavy atom. The molecule has 3 aromatic rings. The molecule has 0 amide bonds. The van der Waals surface area contributed by atoms with Crippen molar-refractivity contribution in [2.45, 2.75) is 45.4 Å². The lowest BCUT2D eigenvalue weighted by atomic mass is 9.50. The monoisotopic (exact) mass is 412 g/mol. The minimum absolute atomic E-state index is 0.0618. The highest BCUT2D eigenvalue weighted by Gasteiger charge is 2.57. The first-order chi connectivity index (χ1) is 14.9. The van der Waals surface area contributed by atoms with Crippen molar-refractivity contribution in [2.75, 3.05) is 0 Å². The summed E-state index contributed by atoms with van der Waals surface area (Å²) in [6, 6.07) is 20.7. The summed E-state index contributed by atoms with van der Waals surface area (Å²) in [6.45, 7) is 6.28. The quantitative estimate of drug-likeness (QED) is 0.427. The van der Waals surface area contributed by atoms with Crippen molar-refractivity contribution in [3.8, 4) is 16.9 Å². The Bertz CT molecular complexity index is 1170. The van der Waals surface area contributed by atoms with Gasteiger partial charge in [0.15, 0.2) is 5.78 Å². The largest absolute Gasteiger partial charge is 0.515 e. The number of ketones is 1. The van der Waals surface area contributed by atoms with Crippen LogP contribution in [0.1, 0.15) is 44.9 Å². The fourth-order valence-electron chi connectivity index (χ4n) is 6.08. The number of rotatable bonds is 2. The lowest BCUT2D eigenvalue weighted by molar-refractivity contribution is -0.131. The smallest absolute Gasteiger partial charge is 0.167 e. The summed E-state index contributed by atoms with van der Waals surface area (Å²) in [4.78, 5) is 13.0. The summed E-state index contributed by atoms with van der Waals surface area (Å²) in [5.74, 6) is 0.234. The highest BCUT2D eigenvalue weighted by molar-refractivity contribution is 6.01. The van der Waals surface area contributed by atoms with Gasteiger partial charge < -0.3 is 5.11 Å². The summed E-state index contributed by atoms with van der Waals surface area (Å²) < 4.78 is 2.07. The molecule has 4 heteroatoms. The van der Waals surface area contributed by atoms with Crippen molar-refractivity contribution in [2.24, 2.45) is 11.3 Å². The van der Waals surface area contributed by atoms with Crippen LogP contribution in [0.4, 0.5) is 0 Å². The fraction of sp³-hybridized carbons (Fsp3) is 0.333. The van der Waals surface area contributed by atoms with Crippen molar-refractivity contribution < 1.29 is 9.90 Å². The molecule has 158 valence electrons. The van der Waals surface area contributed by atoms with Crippen molar-refractivity contribution in [1.29, 1.82) is 0 Å². The minimum Gasteiger partial charge on any atom is -0.515 e. The molecule has 1 fully saturated rings. The Labute approximate surface area is 183 Å². The average Bonchev–Trinajstić information content (AvgIpc) is 3.18. The second kappa shape index (κ2) is 6.94. The number of para-hydroxylation sites is 1. The second-order valence-electron chi connectivity index (χ2n) is 9.68. The maximum absolute atomic E-state index is 13.0. The van der Waals surface area contributed by atoms with Crippen LogP contribution in [-0.2, 0) is 16.6 Å². The maximum Gasteiger partial charge on any atom is 0.167 e. The van der Waals surface area contributed by atoms with Gasteiger partial charge in [0.05, 0.1) is 23.3 Å². The molecule has 0 aliphatic heterocycles. The third kappa shape index (κ3) is 2.81. The van der Waals surface area contributed by atoms with Crippen LogP contribution in [0.3, 0.4) is 0 Å². The number of carbonyl (C=O) groups is 1. The second-order valence-corrected chi connectivity index (χ2v) is 9.68. The van der Waals surface area contributed by atoms with E-state index in [1.54, 1.807) is 0 Å². The topological polar surface area (TPSA) is 55.1 Å². The number of benzene rings is 2. The van der Waals surface area contributed by atoms with Gasteiger partial charge >= 0.3 is 0 Å². The zero-order chi connectivity index (χ0) is 21.8. The Hall–Kier alpha value is -3.14. The highest BCUT2D eigenvalue weighted by atomic mass is 16.2. The van der Waals surface area contributed by atoms with E-state index in [-0.39, 0.29) is 17.1 Å². The first kappa shape index (κ1) is 19.8. The first-order valence-corrected chi connectivity index (χ1v) is 11.0. The normalized spacial score (nSPS) is 25.8. The number of nitrogens with zero attached hydrogens (tertiary/aromatic N) is 2. The molecule has 0 radical (unpaired) electrons. The van der Waals surface area contributed by atoms with Crippen LogP contribution in [0, 0.1) is 11.3 Å². The molecular formula is C27H28N2O2. The molecule has 1 saturated carbocycles. The average molecular weight is 413 g/mol. The minimum atomic E-state index is -0.539. The molecule has 31 heavy (non-hydrogen) atoms. The maximum atomic E-state index is 13.0. The summed E-state index contributed by atoms with van der Waals surface area (Å²) >= 11 is 0. The molecule has 1 aromatic heterocycles. The van der Waals surface area contributed by atoms with Gasteiger partial charge in [-0.25, -0.2) is 4.68 Å². The molecule has 2 aliphatic rings. The number of Topliss-reactive ketones (excluding diaryl/α,β-unsaturated/α-hetero) is 1. The predicted octanol–water partition coefficient (Wildman–Crippen LogP) is 5.80. The molecule has 0 unspecified atom stereocenters. The van der Waals surface area contributed by atoms with Gasteiger partial charge in [0.2, 0.25) is 0 Å². The molecular weight excluding hydrogens is 384 g/mol. The lowest BCUT2D eigenvalue weighted by Crippen LogP contribution is -2.53. The van der Waals surface area contributed by atoms with E-state index in [9.17, 15) is 9.90 Å². The van der Waals surface area contributed by atoms with E-state index >= 15 is 0 Å². The van der Waals surface area contributed by atoms with Crippen LogP contribution in [0.5, 0.6) is 0 Å². The van der Waals surface area contributed by atoms with Crippen molar-refractivity contribution >= 4 is 5.78 Å². The number of hydrogen-bond donors (Lipinski definition) is 1. The van der Waals surface area contributed by atoms with E-state index in [1.165, 1.54) is 5.56 Å². The third-order valence-corrected chi connectivity index (χ3v) is 7.49. The van der Waals surface area contributed by atoms with E-state index < -0.39 is 5.41 Å². The molecule has 2 aromatic carbocycles. The summed E-state index contributed by atoms with van der Waals surface area (Å²) in [6.07, 6.45) is 3.36.